The zero-order valence-corrected chi connectivity index (χ0v) is 23.9. The Bertz CT molecular complexity index is 1260. The third kappa shape index (κ3) is 5.44. The second-order valence-electron chi connectivity index (χ2n) is 10.2. The summed E-state index contributed by atoms with van der Waals surface area (Å²) in [6.45, 7) is 8.65. The molecule has 5 nitrogen and oxygen atoms in total. The van der Waals surface area contributed by atoms with E-state index in [2.05, 4.69) is 81.0 Å². The molecule has 5 rings (SSSR count). The van der Waals surface area contributed by atoms with E-state index in [1.165, 1.54) is 16.7 Å². The first kappa shape index (κ1) is 29.8. The Kier molecular flexibility index (Phi) is 8.99. The molecule has 3 aromatic rings. The molecule has 2 aliphatic heterocycles. The van der Waals surface area contributed by atoms with Crippen molar-refractivity contribution < 1.29 is 9.47 Å². The second-order valence-corrected chi connectivity index (χ2v) is 10.2. The molecule has 0 spiro atoms. The average Bonchev–Trinajstić information content (AvgIpc) is 3.12. The molecule has 0 fully saturated rings. The third-order valence-electron chi connectivity index (χ3n) is 6.44. The van der Waals surface area contributed by atoms with Crippen molar-refractivity contribution in [3.05, 3.63) is 77.1 Å². The van der Waals surface area contributed by atoms with E-state index in [1.54, 1.807) is 13.3 Å². The number of aliphatic imine (C=N–C) groups is 1. The third-order valence-corrected chi connectivity index (χ3v) is 6.44. The maximum absolute atomic E-state index is 6.34. The van der Waals surface area contributed by atoms with Crippen molar-refractivity contribution in [2.24, 2.45) is 4.99 Å². The van der Waals surface area contributed by atoms with Crippen LogP contribution in [0.25, 0.3) is 0 Å². The SMILES string of the molecule is COc1cc2c(c3c1OC(C)(C)C3)C(c1cccc(N(C)c3cccnc3)c1)=NC(C)(C)C2.Cl.Cl.Cl. The van der Waals surface area contributed by atoms with Crippen LogP contribution in [0.1, 0.15) is 49.9 Å². The van der Waals surface area contributed by atoms with E-state index in [-0.39, 0.29) is 48.4 Å². The largest absolute Gasteiger partial charge is 0.493 e. The first-order valence-corrected chi connectivity index (χ1v) is 11.4. The molecule has 2 aliphatic rings. The van der Waals surface area contributed by atoms with Gasteiger partial charge in [0.05, 0.1) is 30.2 Å². The predicted octanol–water partition coefficient (Wildman–Crippen LogP) is 7.01. The van der Waals surface area contributed by atoms with E-state index in [9.17, 15) is 0 Å². The Morgan fingerprint density at radius 3 is 2.33 bits per heavy atom. The van der Waals surface area contributed by atoms with Gasteiger partial charge in [0, 0.05) is 42.0 Å². The summed E-state index contributed by atoms with van der Waals surface area (Å²) in [5.74, 6) is 1.67. The molecular formula is C28H34Cl3N3O2. The van der Waals surface area contributed by atoms with Gasteiger partial charge in [0.1, 0.15) is 5.60 Å². The van der Waals surface area contributed by atoms with Crippen molar-refractivity contribution in [1.82, 2.24) is 4.98 Å². The lowest BCUT2D eigenvalue weighted by molar-refractivity contribution is 0.134. The van der Waals surface area contributed by atoms with E-state index < -0.39 is 0 Å². The number of methoxy groups -OCH3 is 1. The Balaban J connectivity index is 0.00000152. The zero-order chi connectivity index (χ0) is 23.4. The summed E-state index contributed by atoms with van der Waals surface area (Å²) in [5, 5.41) is 0. The van der Waals surface area contributed by atoms with Gasteiger partial charge in [-0.1, -0.05) is 12.1 Å². The summed E-state index contributed by atoms with van der Waals surface area (Å²) in [6, 6.07) is 14.8. The topological polar surface area (TPSA) is 47.0 Å². The van der Waals surface area contributed by atoms with Crippen LogP contribution >= 0.6 is 37.2 Å². The smallest absolute Gasteiger partial charge is 0.166 e. The number of fused-ring (bicyclic) bond motifs is 3. The molecule has 2 aromatic carbocycles. The first-order valence-electron chi connectivity index (χ1n) is 11.4. The minimum absolute atomic E-state index is 0. The van der Waals surface area contributed by atoms with Crippen molar-refractivity contribution in [2.45, 2.75) is 51.7 Å². The number of hydrogen-bond donors (Lipinski definition) is 0. The number of ether oxygens (including phenoxy) is 2. The van der Waals surface area contributed by atoms with E-state index in [4.69, 9.17) is 14.5 Å². The van der Waals surface area contributed by atoms with Gasteiger partial charge in [-0.05, 0) is 70.0 Å². The molecular weight excluding hydrogens is 517 g/mol. The molecule has 0 atom stereocenters. The van der Waals surface area contributed by atoms with Crippen molar-refractivity contribution >= 4 is 54.3 Å². The molecule has 0 N–H and O–H groups in total. The summed E-state index contributed by atoms with van der Waals surface area (Å²) in [7, 11) is 3.78. The summed E-state index contributed by atoms with van der Waals surface area (Å²) in [6.07, 6.45) is 5.37. The maximum atomic E-state index is 6.34. The fourth-order valence-electron chi connectivity index (χ4n) is 4.99. The standard InChI is InChI=1S/C28H31N3O2.3ClH/c1-27(2)15-19-14-23(32-6)26-22(16-28(3,4)33-26)24(19)25(30-27)18-9-7-10-20(13-18)31(5)21-11-8-12-29-17-21;;;/h7-14,17H,15-16H2,1-6H3;3*1H. The molecule has 3 heterocycles. The lowest BCUT2D eigenvalue weighted by Gasteiger charge is -2.31. The Hall–Kier alpha value is -2.47. The van der Waals surface area contributed by atoms with Gasteiger partial charge in [0.2, 0.25) is 0 Å². The summed E-state index contributed by atoms with van der Waals surface area (Å²) in [5.41, 5.74) is 7.47. The van der Waals surface area contributed by atoms with Gasteiger partial charge in [-0.3, -0.25) is 9.98 Å². The molecule has 0 unspecified atom stereocenters. The monoisotopic (exact) mass is 549 g/mol. The highest BCUT2D eigenvalue weighted by Gasteiger charge is 2.39. The van der Waals surface area contributed by atoms with Crippen LogP contribution in [0.5, 0.6) is 11.5 Å². The number of halogens is 3. The minimum Gasteiger partial charge on any atom is -0.493 e. The Morgan fingerprint density at radius 2 is 1.67 bits per heavy atom. The lowest BCUT2D eigenvalue weighted by atomic mass is 9.81. The number of pyridine rings is 1. The number of hydrogen-bond acceptors (Lipinski definition) is 5. The molecule has 0 radical (unpaired) electrons. The number of benzene rings is 2. The highest BCUT2D eigenvalue weighted by atomic mass is 35.5. The van der Waals surface area contributed by atoms with E-state index >= 15 is 0 Å². The van der Waals surface area contributed by atoms with Gasteiger partial charge in [0.15, 0.2) is 11.5 Å². The van der Waals surface area contributed by atoms with Crippen LogP contribution in [0.4, 0.5) is 11.4 Å². The quantitative estimate of drug-likeness (QED) is 0.351. The van der Waals surface area contributed by atoms with Crippen LogP contribution in [-0.2, 0) is 12.8 Å². The number of anilines is 2. The summed E-state index contributed by atoms with van der Waals surface area (Å²) >= 11 is 0. The molecule has 0 saturated heterocycles. The first-order chi connectivity index (χ1) is 15.7. The van der Waals surface area contributed by atoms with Gasteiger partial charge < -0.3 is 14.4 Å². The van der Waals surface area contributed by atoms with E-state index in [0.717, 1.165) is 47.0 Å². The van der Waals surface area contributed by atoms with Gasteiger partial charge in [-0.2, -0.15) is 0 Å². The molecule has 0 bridgehead atoms. The predicted molar refractivity (Wildman–Crippen MR) is 155 cm³/mol. The molecule has 0 amide bonds. The van der Waals surface area contributed by atoms with Crippen molar-refractivity contribution in [2.75, 3.05) is 19.1 Å². The molecule has 1 aromatic heterocycles. The lowest BCUT2D eigenvalue weighted by Crippen LogP contribution is -2.30. The zero-order valence-electron chi connectivity index (χ0n) is 21.5. The Morgan fingerprint density at radius 1 is 0.944 bits per heavy atom. The number of nitrogens with zero attached hydrogens (tertiary/aromatic N) is 3. The molecule has 36 heavy (non-hydrogen) atoms. The number of aromatic nitrogens is 1. The minimum atomic E-state index is -0.273. The van der Waals surface area contributed by atoms with Gasteiger partial charge in [0.25, 0.3) is 0 Å². The van der Waals surface area contributed by atoms with E-state index in [1.807, 2.05) is 12.3 Å². The van der Waals surface area contributed by atoms with Crippen molar-refractivity contribution in [3.63, 3.8) is 0 Å². The normalized spacial score (nSPS) is 16.0. The molecule has 0 aliphatic carbocycles. The van der Waals surface area contributed by atoms with Crippen LogP contribution in [0.3, 0.4) is 0 Å². The second kappa shape index (κ2) is 10.9. The van der Waals surface area contributed by atoms with Crippen molar-refractivity contribution in [3.8, 4) is 11.5 Å². The summed E-state index contributed by atoms with van der Waals surface area (Å²) < 4.78 is 12.1. The van der Waals surface area contributed by atoms with Gasteiger partial charge >= 0.3 is 0 Å². The fourth-order valence-corrected chi connectivity index (χ4v) is 4.99. The summed E-state index contributed by atoms with van der Waals surface area (Å²) in [4.78, 5) is 11.7. The van der Waals surface area contributed by atoms with Crippen LogP contribution in [0.2, 0.25) is 0 Å². The molecule has 8 heteroatoms. The number of rotatable bonds is 4. The van der Waals surface area contributed by atoms with Gasteiger partial charge in [-0.15, -0.1) is 37.2 Å². The van der Waals surface area contributed by atoms with Gasteiger partial charge in [-0.25, -0.2) is 0 Å². The highest BCUT2D eigenvalue weighted by Crippen LogP contribution is 2.48. The van der Waals surface area contributed by atoms with Crippen LogP contribution < -0.4 is 14.4 Å². The average molecular weight is 551 g/mol. The van der Waals surface area contributed by atoms with Crippen LogP contribution in [-0.4, -0.2) is 36.0 Å². The fraction of sp³-hybridized carbons (Fsp3) is 0.357. The molecule has 0 saturated carbocycles. The van der Waals surface area contributed by atoms with Crippen molar-refractivity contribution in [1.29, 1.82) is 0 Å². The molecule has 194 valence electrons. The van der Waals surface area contributed by atoms with Crippen LogP contribution in [0.15, 0.2) is 59.9 Å². The Labute approximate surface area is 232 Å². The highest BCUT2D eigenvalue weighted by molar-refractivity contribution is 6.16. The van der Waals surface area contributed by atoms with Crippen LogP contribution in [0, 0.1) is 0 Å². The van der Waals surface area contributed by atoms with E-state index in [0.29, 0.717) is 0 Å². The maximum Gasteiger partial charge on any atom is 0.166 e.